The van der Waals surface area contributed by atoms with Gasteiger partial charge in [-0.1, -0.05) is 50.0 Å². The van der Waals surface area contributed by atoms with E-state index < -0.39 is 5.60 Å². The van der Waals surface area contributed by atoms with Gasteiger partial charge in [0.25, 0.3) is 0 Å². The summed E-state index contributed by atoms with van der Waals surface area (Å²) in [5.41, 5.74) is 0.614. The first-order valence-electron chi connectivity index (χ1n) is 9.19. The minimum atomic E-state index is -0.532. The zero-order valence-corrected chi connectivity index (χ0v) is 15.2. The van der Waals surface area contributed by atoms with Crippen molar-refractivity contribution < 1.29 is 15.3 Å². The van der Waals surface area contributed by atoms with E-state index in [9.17, 15) is 15.3 Å². The summed E-state index contributed by atoms with van der Waals surface area (Å²) < 4.78 is 0. The molecular formula is C20H36O3. The highest BCUT2D eigenvalue weighted by molar-refractivity contribution is 5.16. The first kappa shape index (κ1) is 20.4. The van der Waals surface area contributed by atoms with Gasteiger partial charge in [-0.05, 0) is 58.3 Å². The Hall–Kier alpha value is -0.640. The Morgan fingerprint density at radius 1 is 1.13 bits per heavy atom. The van der Waals surface area contributed by atoms with Gasteiger partial charge in [-0.15, -0.1) is 0 Å². The summed E-state index contributed by atoms with van der Waals surface area (Å²) in [5, 5.41) is 29.0. The molecule has 23 heavy (non-hydrogen) atoms. The van der Waals surface area contributed by atoms with E-state index in [-0.39, 0.29) is 12.2 Å². The van der Waals surface area contributed by atoms with Crippen molar-refractivity contribution in [2.24, 2.45) is 5.92 Å². The van der Waals surface area contributed by atoms with Crippen molar-refractivity contribution in [2.45, 2.75) is 96.4 Å². The third-order valence-corrected chi connectivity index (χ3v) is 4.56. The summed E-state index contributed by atoms with van der Waals surface area (Å²) in [6.45, 7) is 6.05. The SMILES string of the molecule is C[C@H](CCCC=CC=C1C[C@@H](O)C[C@H](O)C1)CCCC(C)(C)O. The topological polar surface area (TPSA) is 60.7 Å². The van der Waals surface area contributed by atoms with E-state index in [1.54, 1.807) is 0 Å². The normalized spacial score (nSPS) is 24.2. The second kappa shape index (κ2) is 10.3. The van der Waals surface area contributed by atoms with Crippen LogP contribution in [0, 0.1) is 5.92 Å². The molecule has 0 bridgehead atoms. The Kier molecular flexibility index (Phi) is 9.11. The van der Waals surface area contributed by atoms with E-state index in [1.807, 2.05) is 13.8 Å². The lowest BCUT2D eigenvalue weighted by Crippen LogP contribution is -2.24. The molecule has 0 amide bonds. The van der Waals surface area contributed by atoms with Gasteiger partial charge in [0.2, 0.25) is 0 Å². The molecule has 1 rings (SSSR count). The second-order valence-electron chi connectivity index (χ2n) is 7.95. The van der Waals surface area contributed by atoms with Crippen molar-refractivity contribution >= 4 is 0 Å². The van der Waals surface area contributed by atoms with E-state index >= 15 is 0 Å². The number of rotatable bonds is 9. The zero-order chi connectivity index (χ0) is 17.3. The average molecular weight is 325 g/mol. The van der Waals surface area contributed by atoms with Crippen LogP contribution in [0.5, 0.6) is 0 Å². The molecule has 1 saturated carbocycles. The molecular weight excluding hydrogens is 288 g/mol. The molecule has 0 aromatic carbocycles. The van der Waals surface area contributed by atoms with Crippen LogP contribution in [0.25, 0.3) is 0 Å². The summed E-state index contributed by atoms with van der Waals surface area (Å²) in [4.78, 5) is 0. The molecule has 0 unspecified atom stereocenters. The van der Waals surface area contributed by atoms with Crippen LogP contribution >= 0.6 is 0 Å². The molecule has 0 aromatic rings. The lowest BCUT2D eigenvalue weighted by Gasteiger charge is -2.24. The highest BCUT2D eigenvalue weighted by atomic mass is 16.3. The molecule has 0 radical (unpaired) electrons. The van der Waals surface area contributed by atoms with Crippen LogP contribution in [0.2, 0.25) is 0 Å². The van der Waals surface area contributed by atoms with Gasteiger partial charge in [-0.25, -0.2) is 0 Å². The van der Waals surface area contributed by atoms with Crippen molar-refractivity contribution in [3.8, 4) is 0 Å². The summed E-state index contributed by atoms with van der Waals surface area (Å²) in [6, 6.07) is 0. The molecule has 0 heterocycles. The van der Waals surface area contributed by atoms with Gasteiger partial charge in [0.1, 0.15) is 0 Å². The molecule has 0 aromatic heterocycles. The van der Waals surface area contributed by atoms with E-state index in [0.717, 1.165) is 24.8 Å². The van der Waals surface area contributed by atoms with E-state index in [1.165, 1.54) is 19.3 Å². The molecule has 134 valence electrons. The quantitative estimate of drug-likeness (QED) is 0.559. The van der Waals surface area contributed by atoms with Crippen LogP contribution in [-0.4, -0.2) is 33.1 Å². The first-order valence-corrected chi connectivity index (χ1v) is 9.19. The van der Waals surface area contributed by atoms with E-state index in [2.05, 4.69) is 25.2 Å². The monoisotopic (exact) mass is 324 g/mol. The van der Waals surface area contributed by atoms with Gasteiger partial charge in [0.05, 0.1) is 17.8 Å². The number of hydrogen-bond donors (Lipinski definition) is 3. The molecule has 0 saturated heterocycles. The molecule has 3 N–H and O–H groups in total. The Balaban J connectivity index is 2.12. The fourth-order valence-corrected chi connectivity index (χ4v) is 3.22. The van der Waals surface area contributed by atoms with Crippen LogP contribution in [-0.2, 0) is 0 Å². The summed E-state index contributed by atoms with van der Waals surface area (Å²) in [7, 11) is 0. The number of hydrogen-bond acceptors (Lipinski definition) is 3. The average Bonchev–Trinajstić information content (AvgIpc) is 2.40. The van der Waals surface area contributed by atoms with Crippen LogP contribution in [0.15, 0.2) is 23.8 Å². The van der Waals surface area contributed by atoms with Crippen LogP contribution in [0.3, 0.4) is 0 Å². The fourth-order valence-electron chi connectivity index (χ4n) is 3.22. The Labute approximate surface area is 142 Å². The largest absolute Gasteiger partial charge is 0.393 e. The van der Waals surface area contributed by atoms with Crippen molar-refractivity contribution in [3.05, 3.63) is 23.8 Å². The van der Waals surface area contributed by atoms with E-state index in [4.69, 9.17) is 0 Å². The van der Waals surface area contributed by atoms with Gasteiger partial charge in [-0.3, -0.25) is 0 Å². The van der Waals surface area contributed by atoms with Crippen LogP contribution < -0.4 is 0 Å². The number of aliphatic hydroxyl groups excluding tert-OH is 2. The van der Waals surface area contributed by atoms with Gasteiger partial charge in [0, 0.05) is 0 Å². The Morgan fingerprint density at radius 2 is 1.74 bits per heavy atom. The maximum atomic E-state index is 9.70. The standard InChI is InChI=1S/C20H36O3/c1-16(10-8-12-20(2,3)23)9-6-4-5-7-11-17-13-18(21)15-19(22)14-17/h5,7,11,16,18-19,21-23H,4,6,8-10,12-15H2,1-3H3/t16-,18-,19-/m1/s1. The van der Waals surface area contributed by atoms with E-state index in [0.29, 0.717) is 25.2 Å². The van der Waals surface area contributed by atoms with Crippen molar-refractivity contribution in [1.29, 1.82) is 0 Å². The first-order chi connectivity index (χ1) is 10.8. The van der Waals surface area contributed by atoms with Crippen molar-refractivity contribution in [2.75, 3.05) is 0 Å². The number of allylic oxidation sites excluding steroid dienone is 3. The summed E-state index contributed by atoms with van der Waals surface area (Å²) in [6.07, 6.45) is 14.1. The lowest BCUT2D eigenvalue weighted by molar-refractivity contribution is 0.0609. The highest BCUT2D eigenvalue weighted by Crippen LogP contribution is 2.24. The lowest BCUT2D eigenvalue weighted by atomic mass is 9.90. The highest BCUT2D eigenvalue weighted by Gasteiger charge is 2.20. The molecule has 1 aliphatic carbocycles. The predicted octanol–water partition coefficient (Wildman–Crippen LogP) is 4.12. The summed E-state index contributed by atoms with van der Waals surface area (Å²) >= 11 is 0. The molecule has 3 nitrogen and oxygen atoms in total. The molecule has 1 fully saturated rings. The van der Waals surface area contributed by atoms with Crippen molar-refractivity contribution in [3.63, 3.8) is 0 Å². The Morgan fingerprint density at radius 3 is 2.35 bits per heavy atom. The van der Waals surface area contributed by atoms with Gasteiger partial charge >= 0.3 is 0 Å². The van der Waals surface area contributed by atoms with Gasteiger partial charge < -0.3 is 15.3 Å². The second-order valence-corrected chi connectivity index (χ2v) is 7.95. The molecule has 0 spiro atoms. The minimum Gasteiger partial charge on any atom is -0.393 e. The van der Waals surface area contributed by atoms with Crippen LogP contribution in [0.4, 0.5) is 0 Å². The third-order valence-electron chi connectivity index (χ3n) is 4.56. The Bertz CT molecular complexity index is 367. The fraction of sp³-hybridized carbons (Fsp3) is 0.800. The van der Waals surface area contributed by atoms with Gasteiger partial charge in [0.15, 0.2) is 0 Å². The van der Waals surface area contributed by atoms with Crippen LogP contribution in [0.1, 0.15) is 78.6 Å². The minimum absolute atomic E-state index is 0.386. The molecule has 3 atom stereocenters. The number of aliphatic hydroxyl groups is 3. The molecule has 1 aliphatic rings. The number of unbranched alkanes of at least 4 members (excludes halogenated alkanes) is 1. The zero-order valence-electron chi connectivity index (χ0n) is 15.2. The third kappa shape index (κ3) is 10.7. The maximum absolute atomic E-state index is 9.70. The summed E-state index contributed by atoms with van der Waals surface area (Å²) in [5.74, 6) is 0.716. The predicted molar refractivity (Wildman–Crippen MR) is 96.3 cm³/mol. The van der Waals surface area contributed by atoms with Crippen molar-refractivity contribution in [1.82, 2.24) is 0 Å². The smallest absolute Gasteiger partial charge is 0.0602 e. The van der Waals surface area contributed by atoms with Gasteiger partial charge in [-0.2, -0.15) is 0 Å². The maximum Gasteiger partial charge on any atom is 0.0602 e. The molecule has 3 heteroatoms. The molecule has 0 aliphatic heterocycles.